The first-order chi connectivity index (χ1) is 19.0. The zero-order valence-electron chi connectivity index (χ0n) is 21.6. The number of methoxy groups -OCH3 is 1. The molecular weight excluding hydrogens is 501 g/mol. The smallest absolute Gasteiger partial charge is 0.247 e. The van der Waals surface area contributed by atoms with Crippen molar-refractivity contribution in [2.24, 2.45) is 0 Å². The van der Waals surface area contributed by atoms with Crippen LogP contribution in [-0.4, -0.2) is 58.1 Å². The summed E-state index contributed by atoms with van der Waals surface area (Å²) < 4.78 is 26.6. The lowest BCUT2D eigenvalue weighted by molar-refractivity contribution is -0.142. The van der Waals surface area contributed by atoms with E-state index in [-0.39, 0.29) is 31.0 Å². The molecule has 0 saturated carbocycles. The van der Waals surface area contributed by atoms with E-state index < -0.39 is 11.9 Å². The molecule has 4 aromatic rings. The summed E-state index contributed by atoms with van der Waals surface area (Å²) in [5, 5.41) is 11.3. The molecule has 2 atom stereocenters. The number of para-hydroxylation sites is 2. The molecule has 1 N–H and O–H groups in total. The molecular formula is C29H30FN5O4. The lowest BCUT2D eigenvalue weighted by atomic mass is 10.0. The van der Waals surface area contributed by atoms with Crippen molar-refractivity contribution >= 4 is 22.8 Å². The number of hydrogen-bond donors (Lipinski definition) is 1. The van der Waals surface area contributed by atoms with Gasteiger partial charge < -0.3 is 19.7 Å². The summed E-state index contributed by atoms with van der Waals surface area (Å²) in [6, 6.07) is 19.2. The highest BCUT2D eigenvalue weighted by Crippen LogP contribution is 2.28. The van der Waals surface area contributed by atoms with Gasteiger partial charge in [0, 0.05) is 18.7 Å². The van der Waals surface area contributed by atoms with Gasteiger partial charge in [0.2, 0.25) is 11.8 Å². The second kappa shape index (κ2) is 12.0. The largest absolute Gasteiger partial charge is 0.496 e. The molecule has 1 aromatic heterocycles. The van der Waals surface area contributed by atoms with Crippen molar-refractivity contribution in [3.05, 3.63) is 89.7 Å². The number of carbonyl (C=O) groups excluding carboxylic acids is 2. The second-order valence-electron chi connectivity index (χ2n) is 9.40. The predicted octanol–water partition coefficient (Wildman–Crippen LogP) is 3.64. The van der Waals surface area contributed by atoms with Gasteiger partial charge in [-0.3, -0.25) is 9.59 Å². The lowest BCUT2D eigenvalue weighted by Crippen LogP contribution is -2.46. The summed E-state index contributed by atoms with van der Waals surface area (Å²) in [4.78, 5) is 29.3. The van der Waals surface area contributed by atoms with Crippen LogP contribution < -0.4 is 10.1 Å². The van der Waals surface area contributed by atoms with Crippen LogP contribution in [0.15, 0.2) is 72.8 Å². The third-order valence-electron chi connectivity index (χ3n) is 6.83. The molecule has 202 valence electrons. The van der Waals surface area contributed by atoms with E-state index in [1.165, 1.54) is 33.8 Å². The van der Waals surface area contributed by atoms with E-state index in [0.717, 1.165) is 18.4 Å². The number of fused-ring (bicyclic) bond motifs is 1. The molecule has 3 aromatic carbocycles. The van der Waals surface area contributed by atoms with Gasteiger partial charge in [-0.15, -0.1) is 5.10 Å². The van der Waals surface area contributed by atoms with Crippen LogP contribution in [0.4, 0.5) is 4.39 Å². The Hall–Kier alpha value is -4.31. The molecule has 2 amide bonds. The van der Waals surface area contributed by atoms with Crippen LogP contribution >= 0.6 is 0 Å². The molecule has 0 aliphatic carbocycles. The maximum Gasteiger partial charge on any atom is 0.247 e. The van der Waals surface area contributed by atoms with Gasteiger partial charge >= 0.3 is 0 Å². The summed E-state index contributed by atoms with van der Waals surface area (Å²) in [7, 11) is 1.55. The van der Waals surface area contributed by atoms with Gasteiger partial charge in [-0.1, -0.05) is 47.7 Å². The molecule has 5 rings (SSSR count). The fourth-order valence-electron chi connectivity index (χ4n) is 4.83. The molecule has 1 saturated heterocycles. The van der Waals surface area contributed by atoms with Crippen LogP contribution in [0.25, 0.3) is 11.0 Å². The number of ether oxygens (including phenoxy) is 2. The van der Waals surface area contributed by atoms with Gasteiger partial charge in [-0.05, 0) is 48.7 Å². The molecule has 0 unspecified atom stereocenters. The topological polar surface area (TPSA) is 98.6 Å². The average Bonchev–Trinajstić information content (AvgIpc) is 3.63. The Balaban J connectivity index is 1.51. The minimum absolute atomic E-state index is 0.0743. The van der Waals surface area contributed by atoms with Gasteiger partial charge in [0.15, 0.2) is 0 Å². The minimum atomic E-state index is -1.04. The fraction of sp³-hybridized carbons (Fsp3) is 0.310. The van der Waals surface area contributed by atoms with Crippen molar-refractivity contribution < 1.29 is 23.5 Å². The van der Waals surface area contributed by atoms with Crippen molar-refractivity contribution in [2.75, 3.05) is 20.3 Å². The normalized spacial score (nSPS) is 15.7. The van der Waals surface area contributed by atoms with Crippen LogP contribution in [0, 0.1) is 5.82 Å². The Kier molecular flexibility index (Phi) is 8.12. The third kappa shape index (κ3) is 6.06. The van der Waals surface area contributed by atoms with Crippen LogP contribution in [0.3, 0.4) is 0 Å². The number of benzene rings is 3. The van der Waals surface area contributed by atoms with Gasteiger partial charge in [0.25, 0.3) is 0 Å². The first-order valence-corrected chi connectivity index (χ1v) is 12.9. The monoisotopic (exact) mass is 531 g/mol. The highest BCUT2D eigenvalue weighted by Gasteiger charge is 2.33. The predicted molar refractivity (Wildman–Crippen MR) is 142 cm³/mol. The highest BCUT2D eigenvalue weighted by molar-refractivity contribution is 5.89. The van der Waals surface area contributed by atoms with Gasteiger partial charge in [0.1, 0.15) is 29.7 Å². The number of hydrogen-bond acceptors (Lipinski definition) is 6. The van der Waals surface area contributed by atoms with E-state index in [1.807, 2.05) is 42.5 Å². The van der Waals surface area contributed by atoms with Crippen molar-refractivity contribution in [1.29, 1.82) is 0 Å². The first kappa shape index (κ1) is 26.3. The fourth-order valence-corrected chi connectivity index (χ4v) is 4.83. The molecule has 10 heteroatoms. The molecule has 9 nitrogen and oxygen atoms in total. The quantitative estimate of drug-likeness (QED) is 0.336. The molecule has 0 spiro atoms. The highest BCUT2D eigenvalue weighted by atomic mass is 19.1. The number of carbonyl (C=O) groups is 2. The van der Waals surface area contributed by atoms with Crippen LogP contribution in [0.2, 0.25) is 0 Å². The first-order valence-electron chi connectivity index (χ1n) is 12.9. The average molecular weight is 532 g/mol. The van der Waals surface area contributed by atoms with Crippen molar-refractivity contribution in [3.63, 3.8) is 0 Å². The van der Waals surface area contributed by atoms with E-state index in [2.05, 4.69) is 15.6 Å². The van der Waals surface area contributed by atoms with Crippen molar-refractivity contribution in [3.8, 4) is 5.75 Å². The third-order valence-corrected chi connectivity index (χ3v) is 6.83. The van der Waals surface area contributed by atoms with E-state index in [0.29, 0.717) is 35.5 Å². The van der Waals surface area contributed by atoms with Gasteiger partial charge in [-0.2, -0.15) is 0 Å². The van der Waals surface area contributed by atoms with Gasteiger partial charge in [0.05, 0.1) is 25.3 Å². The number of nitrogens with one attached hydrogen (secondary N) is 1. The van der Waals surface area contributed by atoms with Crippen LogP contribution in [0.1, 0.15) is 30.0 Å². The minimum Gasteiger partial charge on any atom is -0.496 e. The molecule has 39 heavy (non-hydrogen) atoms. The SMILES string of the molecule is COc1ccccc1CN(C(=O)Cn1nnc2ccccc21)[C@@H](C(=O)NC[C@H]1CCCO1)c1ccc(F)cc1. The lowest BCUT2D eigenvalue weighted by Gasteiger charge is -2.32. The van der Waals surface area contributed by atoms with E-state index >= 15 is 0 Å². The van der Waals surface area contributed by atoms with E-state index in [9.17, 15) is 14.0 Å². The molecule has 2 heterocycles. The maximum absolute atomic E-state index is 14.0. The van der Waals surface area contributed by atoms with Gasteiger partial charge in [-0.25, -0.2) is 9.07 Å². The van der Waals surface area contributed by atoms with Crippen LogP contribution in [-0.2, 0) is 27.4 Å². The molecule has 0 radical (unpaired) electrons. The Labute approximate surface area is 225 Å². The Morgan fingerprint density at radius 3 is 2.67 bits per heavy atom. The standard InChI is InChI=1S/C29H30FN5O4/c1-38-26-11-5-2-7-21(26)18-34(27(36)19-35-25-10-4-3-9-24(25)32-33-35)28(20-12-14-22(30)15-13-20)29(37)31-17-23-8-6-16-39-23/h2-5,7,9-15,23,28H,6,8,16-19H2,1H3,(H,31,37)/t23-,28-/m1/s1. The molecule has 0 bridgehead atoms. The summed E-state index contributed by atoms with van der Waals surface area (Å²) >= 11 is 0. The number of nitrogens with zero attached hydrogens (tertiary/aromatic N) is 4. The Morgan fingerprint density at radius 2 is 1.90 bits per heavy atom. The van der Waals surface area contributed by atoms with E-state index in [1.54, 1.807) is 13.2 Å². The summed E-state index contributed by atoms with van der Waals surface area (Å²) in [5.74, 6) is -0.602. The van der Waals surface area contributed by atoms with Crippen molar-refractivity contribution in [2.45, 2.75) is 38.1 Å². The maximum atomic E-state index is 14.0. The summed E-state index contributed by atoms with van der Waals surface area (Å²) in [6.07, 6.45) is 1.71. The second-order valence-corrected chi connectivity index (χ2v) is 9.40. The number of rotatable bonds is 10. The molecule has 1 aliphatic rings. The van der Waals surface area contributed by atoms with E-state index in [4.69, 9.17) is 9.47 Å². The molecule has 1 aliphatic heterocycles. The summed E-state index contributed by atoms with van der Waals surface area (Å²) in [6.45, 7) is 0.907. The Bertz CT molecular complexity index is 1440. The van der Waals surface area contributed by atoms with Crippen LogP contribution in [0.5, 0.6) is 5.75 Å². The number of aromatic nitrogens is 3. The number of halogens is 1. The van der Waals surface area contributed by atoms with Crippen molar-refractivity contribution in [1.82, 2.24) is 25.2 Å². The zero-order valence-corrected chi connectivity index (χ0v) is 21.6. The Morgan fingerprint density at radius 1 is 1.13 bits per heavy atom. The summed E-state index contributed by atoms with van der Waals surface area (Å²) in [5.41, 5.74) is 2.55. The molecule has 1 fully saturated rings. The zero-order chi connectivity index (χ0) is 27.2. The number of amides is 2.